The highest BCUT2D eigenvalue weighted by Crippen LogP contribution is 2.17. The molecule has 27 heavy (non-hydrogen) atoms. The minimum atomic E-state index is -0.396. The number of amides is 1. The number of aryl methyl sites for hydroxylation is 1. The Morgan fingerprint density at radius 3 is 2.70 bits per heavy atom. The molecule has 0 radical (unpaired) electrons. The summed E-state index contributed by atoms with van der Waals surface area (Å²) in [5.74, 6) is -0.396. The smallest absolute Gasteiger partial charge is 0.263 e. The fourth-order valence-corrected chi connectivity index (χ4v) is 3.28. The summed E-state index contributed by atoms with van der Waals surface area (Å²) in [7, 11) is 0. The molecule has 148 valence electrons. The number of aromatic nitrogens is 2. The minimum absolute atomic E-state index is 0. The van der Waals surface area contributed by atoms with Gasteiger partial charge in [0.05, 0.1) is 17.3 Å². The van der Waals surface area contributed by atoms with Crippen LogP contribution in [0.5, 0.6) is 0 Å². The van der Waals surface area contributed by atoms with Gasteiger partial charge in [0.2, 0.25) is 0 Å². The number of halogens is 3. The molecule has 6 nitrogen and oxygen atoms in total. The summed E-state index contributed by atoms with van der Waals surface area (Å²) < 4.78 is 1.69. The first-order valence-electron chi connectivity index (χ1n) is 8.38. The Kier molecular flexibility index (Phi) is 9.26. The number of hydrogen-bond donors (Lipinski definition) is 2. The van der Waals surface area contributed by atoms with Crippen LogP contribution in [0.3, 0.4) is 0 Å². The fraction of sp³-hybridized carbons (Fsp3) is 0.389. The molecule has 3 rings (SSSR count). The number of hydrogen-bond acceptors (Lipinski definition) is 4. The molecular formula is C18H23Cl3N4O2. The van der Waals surface area contributed by atoms with Crippen LogP contribution in [0.2, 0.25) is 5.02 Å². The van der Waals surface area contributed by atoms with Gasteiger partial charge in [0, 0.05) is 18.4 Å². The lowest BCUT2D eigenvalue weighted by Gasteiger charge is -2.25. The van der Waals surface area contributed by atoms with Gasteiger partial charge in [-0.2, -0.15) is 0 Å². The molecule has 1 aliphatic heterocycles. The second-order valence-corrected chi connectivity index (χ2v) is 6.59. The molecule has 0 aromatic carbocycles. The third-order valence-corrected chi connectivity index (χ3v) is 4.85. The molecule has 0 atom stereocenters. The van der Waals surface area contributed by atoms with Crippen molar-refractivity contribution in [2.24, 2.45) is 0 Å². The number of nitrogens with one attached hydrogen (secondary N) is 2. The van der Waals surface area contributed by atoms with E-state index < -0.39 is 5.91 Å². The van der Waals surface area contributed by atoms with Gasteiger partial charge in [-0.25, -0.2) is 0 Å². The average molecular weight is 434 g/mol. The molecule has 0 spiro atoms. The van der Waals surface area contributed by atoms with Crippen LogP contribution in [0.25, 0.3) is 0 Å². The predicted octanol–water partition coefficient (Wildman–Crippen LogP) is 2.90. The number of piperidine rings is 1. The second-order valence-electron chi connectivity index (χ2n) is 6.18. The Balaban J connectivity index is 0.00000182. The average Bonchev–Trinajstić information content (AvgIpc) is 2.62. The third-order valence-electron chi connectivity index (χ3n) is 4.51. The molecule has 1 aliphatic rings. The Bertz CT molecular complexity index is 836. The Hall–Kier alpha value is -1.60. The van der Waals surface area contributed by atoms with Crippen LogP contribution in [0.15, 0.2) is 35.4 Å². The van der Waals surface area contributed by atoms with Gasteiger partial charge in [-0.3, -0.25) is 14.6 Å². The lowest BCUT2D eigenvalue weighted by Crippen LogP contribution is -2.38. The Labute approximate surface area is 175 Å². The van der Waals surface area contributed by atoms with Gasteiger partial charge < -0.3 is 15.2 Å². The number of nitrogens with zero attached hydrogens (tertiary/aromatic N) is 2. The molecule has 0 bridgehead atoms. The number of pyridine rings is 2. The quantitative estimate of drug-likeness (QED) is 0.777. The lowest BCUT2D eigenvalue weighted by atomic mass is 10.0. The van der Waals surface area contributed by atoms with Gasteiger partial charge in [0.25, 0.3) is 11.5 Å². The summed E-state index contributed by atoms with van der Waals surface area (Å²) in [5.41, 5.74) is 1.19. The van der Waals surface area contributed by atoms with Crippen LogP contribution in [-0.4, -0.2) is 28.5 Å². The van der Waals surface area contributed by atoms with Crippen molar-refractivity contribution in [3.8, 4) is 0 Å². The largest absolute Gasteiger partial charge is 0.346 e. The summed E-state index contributed by atoms with van der Waals surface area (Å²) in [5, 5.41) is 6.52. The molecule has 3 heterocycles. The van der Waals surface area contributed by atoms with Gasteiger partial charge >= 0.3 is 0 Å². The zero-order chi connectivity index (χ0) is 17.8. The van der Waals surface area contributed by atoms with E-state index >= 15 is 0 Å². The van der Waals surface area contributed by atoms with Gasteiger partial charge in [0.1, 0.15) is 5.56 Å². The molecule has 9 heteroatoms. The summed E-state index contributed by atoms with van der Waals surface area (Å²) in [4.78, 5) is 29.6. The van der Waals surface area contributed by atoms with Crippen LogP contribution in [0.1, 0.15) is 40.5 Å². The van der Waals surface area contributed by atoms with E-state index in [9.17, 15) is 9.59 Å². The minimum Gasteiger partial charge on any atom is -0.346 e. The monoisotopic (exact) mass is 432 g/mol. The molecule has 0 unspecified atom stereocenters. The highest BCUT2D eigenvalue weighted by atomic mass is 35.5. The van der Waals surface area contributed by atoms with E-state index in [1.165, 1.54) is 0 Å². The Morgan fingerprint density at radius 2 is 2.04 bits per heavy atom. The van der Waals surface area contributed by atoms with Gasteiger partial charge in [0.15, 0.2) is 0 Å². The van der Waals surface area contributed by atoms with Crippen LogP contribution >= 0.6 is 36.4 Å². The molecule has 1 saturated heterocycles. The lowest BCUT2D eigenvalue weighted by molar-refractivity contribution is 0.0947. The standard InChI is InChI=1S/C18H21ClN4O2.2ClH/c1-12-6-10-23(13-4-8-20-9-5-13)18(25)16(12)17(24)22-11-15-14(19)3-2-7-21-15;;/h2-3,6-7,10,13,20H,4-5,8-9,11H2,1H3,(H,22,24);2*1H. The second kappa shape index (κ2) is 10.7. The van der Waals surface area contributed by atoms with Gasteiger partial charge in [-0.05, 0) is 56.6 Å². The van der Waals surface area contributed by atoms with Crippen molar-refractivity contribution in [1.82, 2.24) is 20.2 Å². The van der Waals surface area contributed by atoms with Crippen molar-refractivity contribution >= 4 is 42.3 Å². The topological polar surface area (TPSA) is 76.0 Å². The van der Waals surface area contributed by atoms with Gasteiger partial charge in [-0.15, -0.1) is 24.8 Å². The maximum Gasteiger partial charge on any atom is 0.263 e. The molecule has 1 amide bonds. The van der Waals surface area contributed by atoms with E-state index in [0.29, 0.717) is 16.3 Å². The van der Waals surface area contributed by atoms with E-state index in [1.54, 1.807) is 36.0 Å². The third kappa shape index (κ3) is 5.45. The van der Waals surface area contributed by atoms with Crippen LogP contribution < -0.4 is 16.2 Å². The van der Waals surface area contributed by atoms with E-state index in [0.717, 1.165) is 25.9 Å². The summed E-state index contributed by atoms with van der Waals surface area (Å²) in [6.45, 7) is 3.71. The molecule has 0 aliphatic carbocycles. The number of rotatable bonds is 4. The first-order chi connectivity index (χ1) is 12.1. The summed E-state index contributed by atoms with van der Waals surface area (Å²) >= 11 is 6.06. The van der Waals surface area contributed by atoms with Crippen molar-refractivity contribution in [2.75, 3.05) is 13.1 Å². The highest BCUT2D eigenvalue weighted by molar-refractivity contribution is 6.31. The van der Waals surface area contributed by atoms with Crippen LogP contribution in [0.4, 0.5) is 0 Å². The van der Waals surface area contributed by atoms with Crippen molar-refractivity contribution in [3.63, 3.8) is 0 Å². The number of carbonyl (C=O) groups excluding carboxylic acids is 1. The Morgan fingerprint density at radius 1 is 1.33 bits per heavy atom. The molecule has 1 fully saturated rings. The van der Waals surface area contributed by atoms with E-state index in [-0.39, 0.29) is 48.5 Å². The first-order valence-corrected chi connectivity index (χ1v) is 8.76. The molecule has 2 N–H and O–H groups in total. The van der Waals surface area contributed by atoms with Crippen molar-refractivity contribution < 1.29 is 4.79 Å². The van der Waals surface area contributed by atoms with Crippen molar-refractivity contribution in [2.45, 2.75) is 32.4 Å². The van der Waals surface area contributed by atoms with Crippen LogP contribution in [0, 0.1) is 6.92 Å². The van der Waals surface area contributed by atoms with Gasteiger partial charge in [-0.1, -0.05) is 11.6 Å². The molecule has 0 saturated carbocycles. The fourth-order valence-electron chi connectivity index (χ4n) is 3.09. The maximum absolute atomic E-state index is 12.8. The van der Waals surface area contributed by atoms with E-state index in [1.807, 2.05) is 6.07 Å². The zero-order valence-electron chi connectivity index (χ0n) is 14.9. The molecular weight excluding hydrogens is 411 g/mol. The van der Waals surface area contributed by atoms with E-state index in [4.69, 9.17) is 11.6 Å². The zero-order valence-corrected chi connectivity index (χ0v) is 17.3. The highest BCUT2D eigenvalue weighted by Gasteiger charge is 2.21. The SMILES string of the molecule is Cc1ccn(C2CCNCC2)c(=O)c1C(=O)NCc1ncccc1Cl.Cl.Cl. The summed E-state index contributed by atoms with van der Waals surface area (Å²) in [6.07, 6.45) is 5.17. The number of carbonyl (C=O) groups is 1. The maximum atomic E-state index is 12.8. The van der Waals surface area contributed by atoms with E-state index in [2.05, 4.69) is 15.6 Å². The van der Waals surface area contributed by atoms with Crippen molar-refractivity contribution in [1.29, 1.82) is 0 Å². The first kappa shape index (κ1) is 23.4. The normalized spacial score (nSPS) is 14.0. The predicted molar refractivity (Wildman–Crippen MR) is 111 cm³/mol. The molecule has 2 aromatic heterocycles. The van der Waals surface area contributed by atoms with Crippen molar-refractivity contribution in [3.05, 3.63) is 62.8 Å². The molecule has 2 aromatic rings. The van der Waals surface area contributed by atoms with Crippen LogP contribution in [-0.2, 0) is 6.54 Å². The summed E-state index contributed by atoms with van der Waals surface area (Å²) in [6, 6.07) is 5.40.